The van der Waals surface area contributed by atoms with Crippen molar-refractivity contribution in [3.63, 3.8) is 0 Å². The van der Waals surface area contributed by atoms with Crippen molar-refractivity contribution in [3.05, 3.63) is 62.3 Å². The van der Waals surface area contributed by atoms with Gasteiger partial charge in [0.2, 0.25) is 0 Å². The Morgan fingerprint density at radius 2 is 1.52 bits per heavy atom. The number of aromatic amines is 1. The van der Waals surface area contributed by atoms with Gasteiger partial charge in [-0.25, -0.2) is 0 Å². The zero-order chi connectivity index (χ0) is 18.0. The molecule has 2 amide bonds. The Kier molecular flexibility index (Phi) is 5.42. The van der Waals surface area contributed by atoms with Crippen molar-refractivity contribution in [1.29, 1.82) is 0 Å². The lowest BCUT2D eigenvalue weighted by Gasteiger charge is -2.34. The van der Waals surface area contributed by atoms with E-state index in [0.29, 0.717) is 52.0 Å². The van der Waals surface area contributed by atoms with E-state index in [2.05, 4.69) is 4.98 Å². The molecule has 0 saturated carbocycles. The molecule has 0 bridgehead atoms. The molecule has 3 rings (SSSR count). The van der Waals surface area contributed by atoms with E-state index in [-0.39, 0.29) is 11.8 Å². The molecule has 8 heteroatoms. The fraction of sp³-hybridized carbons (Fsp3) is 0.235. The fourth-order valence-corrected chi connectivity index (χ4v) is 3.48. The normalized spacial score (nSPS) is 14.5. The fourth-order valence-electron chi connectivity index (χ4n) is 2.73. The molecule has 1 aliphatic rings. The summed E-state index contributed by atoms with van der Waals surface area (Å²) in [7, 11) is 0. The van der Waals surface area contributed by atoms with Gasteiger partial charge in [0.05, 0.1) is 5.56 Å². The lowest BCUT2D eigenvalue weighted by atomic mass is 10.1. The number of H-pyrrole nitrogens is 1. The first-order chi connectivity index (χ1) is 12.0. The van der Waals surface area contributed by atoms with Crippen molar-refractivity contribution >= 4 is 47.2 Å². The number of nitrogens with zero attached hydrogens (tertiary/aromatic N) is 2. The smallest absolute Gasteiger partial charge is 0.256 e. The van der Waals surface area contributed by atoms with Crippen LogP contribution in [0.5, 0.6) is 0 Å². The summed E-state index contributed by atoms with van der Waals surface area (Å²) in [5.41, 5.74) is 0.918. The molecule has 1 aliphatic heterocycles. The maximum atomic E-state index is 12.6. The number of carbonyl (C=O) groups excluding carboxylic acids is 2. The molecule has 2 heterocycles. The number of hydrogen-bond acceptors (Lipinski definition) is 3. The number of nitrogens with one attached hydrogen (secondary N) is 1. The second-order valence-corrected chi connectivity index (χ2v) is 6.94. The van der Waals surface area contributed by atoms with E-state index < -0.39 is 0 Å². The van der Waals surface area contributed by atoms with Crippen LogP contribution in [0.15, 0.2) is 36.5 Å². The Morgan fingerprint density at radius 1 is 0.960 bits per heavy atom. The highest BCUT2D eigenvalue weighted by Gasteiger charge is 2.26. The van der Waals surface area contributed by atoms with Crippen molar-refractivity contribution in [1.82, 2.24) is 14.8 Å². The Morgan fingerprint density at radius 3 is 2.08 bits per heavy atom. The minimum absolute atomic E-state index is 0.125. The number of piperazine rings is 1. The van der Waals surface area contributed by atoms with E-state index >= 15 is 0 Å². The van der Waals surface area contributed by atoms with Crippen LogP contribution in [0.4, 0.5) is 0 Å². The van der Waals surface area contributed by atoms with Crippen LogP contribution in [0.3, 0.4) is 0 Å². The van der Waals surface area contributed by atoms with E-state index in [1.165, 1.54) is 0 Å². The van der Waals surface area contributed by atoms with E-state index in [4.69, 9.17) is 35.4 Å². The van der Waals surface area contributed by atoms with Crippen molar-refractivity contribution in [2.24, 2.45) is 0 Å². The molecule has 0 radical (unpaired) electrons. The summed E-state index contributed by atoms with van der Waals surface area (Å²) in [6.45, 7) is 1.78. The molecule has 5 nitrogen and oxygen atoms in total. The number of rotatable bonds is 2. The van der Waals surface area contributed by atoms with Gasteiger partial charge in [0.25, 0.3) is 11.8 Å². The summed E-state index contributed by atoms with van der Waals surface area (Å²) in [6, 6.07) is 8.21. The number of amides is 2. The monoisotopic (exact) mass is 395 g/mol. The van der Waals surface area contributed by atoms with Gasteiger partial charge in [0, 0.05) is 48.0 Å². The molecule has 1 aromatic heterocycles. The van der Waals surface area contributed by atoms with Crippen LogP contribution in [0.25, 0.3) is 0 Å². The summed E-state index contributed by atoms with van der Waals surface area (Å²) in [5.74, 6) is -0.270. The molecule has 1 N–H and O–H groups in total. The number of pyridine rings is 1. The van der Waals surface area contributed by atoms with Crippen LogP contribution < -0.4 is 0 Å². The average molecular weight is 396 g/mol. The molecule has 1 saturated heterocycles. The zero-order valence-corrected chi connectivity index (χ0v) is 15.5. The molecule has 130 valence electrons. The van der Waals surface area contributed by atoms with Crippen molar-refractivity contribution < 1.29 is 9.59 Å². The van der Waals surface area contributed by atoms with Gasteiger partial charge in [0.1, 0.15) is 4.64 Å². The first-order valence-corrected chi connectivity index (χ1v) is 8.84. The van der Waals surface area contributed by atoms with Gasteiger partial charge in [-0.3, -0.25) is 9.59 Å². The number of benzene rings is 1. The predicted molar refractivity (Wildman–Crippen MR) is 99.9 cm³/mol. The first kappa shape index (κ1) is 17.9. The highest BCUT2D eigenvalue weighted by Crippen LogP contribution is 2.21. The maximum Gasteiger partial charge on any atom is 0.256 e. The molecule has 25 heavy (non-hydrogen) atoms. The van der Waals surface area contributed by atoms with Gasteiger partial charge in [-0.2, -0.15) is 0 Å². The van der Waals surface area contributed by atoms with Gasteiger partial charge in [-0.15, -0.1) is 0 Å². The summed E-state index contributed by atoms with van der Waals surface area (Å²) >= 11 is 17.1. The molecule has 1 aromatic carbocycles. The lowest BCUT2D eigenvalue weighted by Crippen LogP contribution is -2.50. The molecule has 1 fully saturated rings. The van der Waals surface area contributed by atoms with Crippen LogP contribution in [-0.4, -0.2) is 52.8 Å². The Hall–Kier alpha value is -1.89. The third-order valence-electron chi connectivity index (χ3n) is 4.01. The molecule has 0 spiro atoms. The lowest BCUT2D eigenvalue weighted by molar-refractivity contribution is 0.0535. The molecule has 0 unspecified atom stereocenters. The third-order valence-corrected chi connectivity index (χ3v) is 4.79. The highest BCUT2D eigenvalue weighted by molar-refractivity contribution is 7.71. The molecular weight excluding hydrogens is 381 g/mol. The van der Waals surface area contributed by atoms with E-state index in [0.717, 1.165) is 0 Å². The predicted octanol–water partition coefficient (Wildman–Crippen LogP) is 3.65. The topological polar surface area (TPSA) is 56.4 Å². The number of halogens is 2. The average Bonchev–Trinajstić information content (AvgIpc) is 2.60. The van der Waals surface area contributed by atoms with E-state index in [1.807, 2.05) is 0 Å². The Balaban J connectivity index is 1.67. The van der Waals surface area contributed by atoms with Crippen LogP contribution in [0.1, 0.15) is 20.7 Å². The summed E-state index contributed by atoms with van der Waals surface area (Å²) in [4.78, 5) is 31.4. The molecular formula is C17H15Cl2N3O2S. The van der Waals surface area contributed by atoms with Crippen LogP contribution in [-0.2, 0) is 0 Å². The van der Waals surface area contributed by atoms with Gasteiger partial charge >= 0.3 is 0 Å². The second-order valence-electron chi connectivity index (χ2n) is 5.66. The standard InChI is InChI=1S/C17H15Cl2N3O2S/c18-12-8-11(9-13(19)10-12)16(23)21-4-6-22(7-5-21)17(24)14-2-1-3-20-15(14)25/h1-3,8-10H,4-7H2,(H,20,25). The number of carbonyl (C=O) groups is 2. The van der Waals surface area contributed by atoms with Crippen LogP contribution >= 0.6 is 35.4 Å². The van der Waals surface area contributed by atoms with Crippen LogP contribution in [0, 0.1) is 4.64 Å². The third kappa shape index (κ3) is 4.03. The summed E-state index contributed by atoms with van der Waals surface area (Å²) in [6.07, 6.45) is 1.69. The second kappa shape index (κ2) is 7.56. The highest BCUT2D eigenvalue weighted by atomic mass is 35.5. The summed E-state index contributed by atoms with van der Waals surface area (Å²) < 4.78 is 0.416. The van der Waals surface area contributed by atoms with Crippen molar-refractivity contribution in [3.8, 4) is 0 Å². The first-order valence-electron chi connectivity index (χ1n) is 7.68. The van der Waals surface area contributed by atoms with Crippen molar-refractivity contribution in [2.45, 2.75) is 0 Å². The minimum Gasteiger partial charge on any atom is -0.352 e. The molecule has 0 atom stereocenters. The van der Waals surface area contributed by atoms with Gasteiger partial charge in [-0.05, 0) is 30.3 Å². The maximum absolute atomic E-state index is 12.6. The van der Waals surface area contributed by atoms with E-state index in [9.17, 15) is 9.59 Å². The summed E-state index contributed by atoms with van der Waals surface area (Å²) in [5, 5.41) is 0.839. The van der Waals surface area contributed by atoms with Gasteiger partial charge in [0.15, 0.2) is 0 Å². The largest absolute Gasteiger partial charge is 0.352 e. The molecule has 0 aliphatic carbocycles. The van der Waals surface area contributed by atoms with Gasteiger partial charge in [-0.1, -0.05) is 35.4 Å². The molecule has 2 aromatic rings. The van der Waals surface area contributed by atoms with E-state index in [1.54, 1.807) is 46.3 Å². The Labute approximate surface area is 160 Å². The number of aromatic nitrogens is 1. The zero-order valence-electron chi connectivity index (χ0n) is 13.2. The van der Waals surface area contributed by atoms with Crippen LogP contribution in [0.2, 0.25) is 10.0 Å². The number of hydrogen-bond donors (Lipinski definition) is 1. The van der Waals surface area contributed by atoms with Gasteiger partial charge < -0.3 is 14.8 Å². The quantitative estimate of drug-likeness (QED) is 0.789. The van der Waals surface area contributed by atoms with Crippen molar-refractivity contribution in [2.75, 3.05) is 26.2 Å². The minimum atomic E-state index is -0.145. The SMILES string of the molecule is O=C(c1cc(Cl)cc(Cl)c1)N1CCN(C(=O)c2ccc[nH]c2=S)CC1. The Bertz CT molecular complexity index is 856.